The maximum atomic E-state index is 12.3. The van der Waals surface area contributed by atoms with Gasteiger partial charge in [0.15, 0.2) is 6.10 Å². The Bertz CT molecular complexity index is 685. The number of anilines is 1. The van der Waals surface area contributed by atoms with E-state index >= 15 is 0 Å². The van der Waals surface area contributed by atoms with Gasteiger partial charge in [-0.3, -0.25) is 4.79 Å². The molecule has 0 saturated carbocycles. The highest BCUT2D eigenvalue weighted by Crippen LogP contribution is 2.24. The Hall–Kier alpha value is -2.49. The smallest absolute Gasteiger partial charge is 0.265 e. The molecule has 1 amide bonds. The van der Waals surface area contributed by atoms with Crippen molar-refractivity contribution >= 4 is 11.6 Å². The first-order valence-electron chi connectivity index (χ1n) is 8.60. The summed E-state index contributed by atoms with van der Waals surface area (Å²) in [6.45, 7) is 10.8. The fraction of sp³-hybridized carbons (Fsp3) is 0.381. The van der Waals surface area contributed by atoms with Crippen molar-refractivity contribution < 1.29 is 14.3 Å². The second-order valence-corrected chi connectivity index (χ2v) is 6.98. The number of nitrogens with one attached hydrogen (secondary N) is 1. The van der Waals surface area contributed by atoms with E-state index in [1.54, 1.807) is 6.92 Å². The van der Waals surface area contributed by atoms with Crippen molar-refractivity contribution in [3.63, 3.8) is 0 Å². The van der Waals surface area contributed by atoms with E-state index in [2.05, 4.69) is 26.1 Å². The molecule has 134 valence electrons. The summed E-state index contributed by atoms with van der Waals surface area (Å²) in [6.07, 6.45) is -0.591. The maximum absolute atomic E-state index is 12.3. The van der Waals surface area contributed by atoms with Gasteiger partial charge in [0.2, 0.25) is 0 Å². The van der Waals surface area contributed by atoms with E-state index in [0.717, 1.165) is 5.75 Å². The Morgan fingerprint density at radius 3 is 2.08 bits per heavy atom. The summed E-state index contributed by atoms with van der Waals surface area (Å²) in [5.41, 5.74) is 2.04. The SMILES string of the molecule is CCOc1ccc(NC(=O)C(C)Oc2ccc(C(C)(C)C)cc2)cc1. The molecule has 0 spiro atoms. The fourth-order valence-corrected chi connectivity index (χ4v) is 2.34. The van der Waals surface area contributed by atoms with Crippen LogP contribution >= 0.6 is 0 Å². The molecule has 1 N–H and O–H groups in total. The number of amides is 1. The van der Waals surface area contributed by atoms with Crippen LogP contribution in [0.4, 0.5) is 5.69 Å². The number of carbonyl (C=O) groups is 1. The zero-order valence-electron chi connectivity index (χ0n) is 15.6. The minimum absolute atomic E-state index is 0.0924. The molecule has 2 aromatic rings. The van der Waals surface area contributed by atoms with Crippen LogP contribution in [0.2, 0.25) is 0 Å². The van der Waals surface area contributed by atoms with Crippen LogP contribution in [0.1, 0.15) is 40.2 Å². The van der Waals surface area contributed by atoms with Gasteiger partial charge in [-0.15, -0.1) is 0 Å². The molecule has 0 radical (unpaired) electrons. The monoisotopic (exact) mass is 341 g/mol. The van der Waals surface area contributed by atoms with E-state index in [-0.39, 0.29) is 11.3 Å². The zero-order valence-corrected chi connectivity index (χ0v) is 15.6. The van der Waals surface area contributed by atoms with E-state index in [4.69, 9.17) is 9.47 Å². The lowest BCUT2D eigenvalue weighted by molar-refractivity contribution is -0.122. The second-order valence-electron chi connectivity index (χ2n) is 6.98. The minimum atomic E-state index is -0.591. The highest BCUT2D eigenvalue weighted by molar-refractivity contribution is 5.94. The van der Waals surface area contributed by atoms with Crippen LogP contribution in [0.15, 0.2) is 48.5 Å². The van der Waals surface area contributed by atoms with Crippen molar-refractivity contribution in [3.8, 4) is 11.5 Å². The molecule has 0 aliphatic heterocycles. The van der Waals surface area contributed by atoms with Gasteiger partial charge in [-0.1, -0.05) is 32.9 Å². The molecule has 0 aliphatic rings. The molecule has 0 aromatic heterocycles. The van der Waals surface area contributed by atoms with Crippen molar-refractivity contribution in [2.24, 2.45) is 0 Å². The molecule has 0 fully saturated rings. The molecule has 4 nitrogen and oxygen atoms in total. The number of carbonyl (C=O) groups excluding carboxylic acids is 1. The van der Waals surface area contributed by atoms with Crippen LogP contribution in [0.3, 0.4) is 0 Å². The van der Waals surface area contributed by atoms with Gasteiger partial charge in [0, 0.05) is 5.69 Å². The summed E-state index contributed by atoms with van der Waals surface area (Å²) in [4.78, 5) is 12.3. The number of rotatable bonds is 6. The molecule has 1 unspecified atom stereocenters. The lowest BCUT2D eigenvalue weighted by atomic mass is 9.87. The van der Waals surface area contributed by atoms with Crippen LogP contribution in [-0.2, 0) is 10.2 Å². The molecule has 25 heavy (non-hydrogen) atoms. The first kappa shape index (κ1) is 18.8. The Morgan fingerprint density at radius 1 is 1.00 bits per heavy atom. The first-order chi connectivity index (χ1) is 11.8. The van der Waals surface area contributed by atoms with E-state index in [1.807, 2.05) is 55.5 Å². The Morgan fingerprint density at radius 2 is 1.56 bits per heavy atom. The molecule has 0 aliphatic carbocycles. The number of hydrogen-bond acceptors (Lipinski definition) is 3. The summed E-state index contributed by atoms with van der Waals surface area (Å²) in [5.74, 6) is 1.27. The first-order valence-corrected chi connectivity index (χ1v) is 8.60. The maximum Gasteiger partial charge on any atom is 0.265 e. The van der Waals surface area contributed by atoms with Crippen LogP contribution in [0.25, 0.3) is 0 Å². The third kappa shape index (κ3) is 5.52. The van der Waals surface area contributed by atoms with Gasteiger partial charge < -0.3 is 14.8 Å². The van der Waals surface area contributed by atoms with Crippen molar-refractivity contribution in [2.45, 2.75) is 46.1 Å². The van der Waals surface area contributed by atoms with E-state index < -0.39 is 6.10 Å². The number of hydrogen-bond donors (Lipinski definition) is 1. The van der Waals surface area contributed by atoms with Crippen LogP contribution < -0.4 is 14.8 Å². The van der Waals surface area contributed by atoms with Crippen LogP contribution in [0.5, 0.6) is 11.5 Å². The Kier molecular flexibility index (Phi) is 6.07. The molecule has 2 rings (SSSR count). The molecule has 0 heterocycles. The van der Waals surface area contributed by atoms with Gasteiger partial charge in [-0.25, -0.2) is 0 Å². The van der Waals surface area contributed by atoms with E-state index in [0.29, 0.717) is 18.0 Å². The van der Waals surface area contributed by atoms with Crippen molar-refractivity contribution in [2.75, 3.05) is 11.9 Å². The molecular weight excluding hydrogens is 314 g/mol. The van der Waals surface area contributed by atoms with E-state index in [9.17, 15) is 4.79 Å². The number of benzene rings is 2. The van der Waals surface area contributed by atoms with Gasteiger partial charge in [0.05, 0.1) is 6.61 Å². The quantitative estimate of drug-likeness (QED) is 0.822. The lowest BCUT2D eigenvalue weighted by Crippen LogP contribution is -2.30. The molecule has 2 aromatic carbocycles. The Labute approximate surface area is 150 Å². The predicted molar refractivity (Wildman–Crippen MR) is 101 cm³/mol. The fourth-order valence-electron chi connectivity index (χ4n) is 2.34. The molecule has 0 bridgehead atoms. The summed E-state index contributed by atoms with van der Waals surface area (Å²) in [5, 5.41) is 2.85. The van der Waals surface area contributed by atoms with Gasteiger partial charge >= 0.3 is 0 Å². The lowest BCUT2D eigenvalue weighted by Gasteiger charge is -2.20. The van der Waals surface area contributed by atoms with Gasteiger partial charge in [-0.05, 0) is 61.2 Å². The summed E-state index contributed by atoms with van der Waals surface area (Å²) in [6, 6.07) is 15.2. The summed E-state index contributed by atoms with van der Waals surface area (Å²) >= 11 is 0. The largest absolute Gasteiger partial charge is 0.494 e. The van der Waals surface area contributed by atoms with Crippen molar-refractivity contribution in [3.05, 3.63) is 54.1 Å². The molecular formula is C21H27NO3. The predicted octanol–water partition coefficient (Wildman–Crippen LogP) is 4.79. The number of ether oxygens (including phenoxy) is 2. The average molecular weight is 341 g/mol. The normalized spacial score (nSPS) is 12.4. The highest BCUT2D eigenvalue weighted by Gasteiger charge is 2.16. The van der Waals surface area contributed by atoms with Gasteiger partial charge in [0.1, 0.15) is 11.5 Å². The third-order valence-corrected chi connectivity index (χ3v) is 3.84. The molecule has 4 heteroatoms. The highest BCUT2D eigenvalue weighted by atomic mass is 16.5. The van der Waals surface area contributed by atoms with Crippen molar-refractivity contribution in [1.29, 1.82) is 0 Å². The molecule has 0 saturated heterocycles. The zero-order chi connectivity index (χ0) is 18.4. The van der Waals surface area contributed by atoms with Crippen LogP contribution in [-0.4, -0.2) is 18.6 Å². The summed E-state index contributed by atoms with van der Waals surface area (Å²) in [7, 11) is 0. The van der Waals surface area contributed by atoms with Gasteiger partial charge in [0.25, 0.3) is 5.91 Å². The third-order valence-electron chi connectivity index (χ3n) is 3.84. The standard InChI is InChI=1S/C21H27NO3/c1-6-24-18-13-9-17(10-14-18)22-20(23)15(2)25-19-11-7-16(8-12-19)21(3,4)5/h7-15H,6H2,1-5H3,(H,22,23). The topological polar surface area (TPSA) is 47.6 Å². The van der Waals surface area contributed by atoms with E-state index in [1.165, 1.54) is 5.56 Å². The summed E-state index contributed by atoms with van der Waals surface area (Å²) < 4.78 is 11.1. The van der Waals surface area contributed by atoms with Crippen LogP contribution in [0, 0.1) is 0 Å². The Balaban J connectivity index is 1.93. The molecule has 1 atom stereocenters. The minimum Gasteiger partial charge on any atom is -0.494 e. The average Bonchev–Trinajstić information content (AvgIpc) is 2.56. The van der Waals surface area contributed by atoms with Crippen molar-refractivity contribution in [1.82, 2.24) is 0 Å². The second kappa shape index (κ2) is 8.06. The van der Waals surface area contributed by atoms with Gasteiger partial charge in [-0.2, -0.15) is 0 Å².